The molecule has 198 valence electrons. The lowest BCUT2D eigenvalue weighted by molar-refractivity contribution is -0.127. The predicted octanol–water partition coefficient (Wildman–Crippen LogP) is 5.60. The summed E-state index contributed by atoms with van der Waals surface area (Å²) < 4.78 is 0. The zero-order chi connectivity index (χ0) is 27.7. The van der Waals surface area contributed by atoms with Crippen LogP contribution >= 0.6 is 0 Å². The van der Waals surface area contributed by atoms with Crippen LogP contribution in [0.4, 0.5) is 0 Å². The lowest BCUT2D eigenvalue weighted by Gasteiger charge is -2.33. The monoisotopic (exact) mass is 519 g/mol. The molecule has 1 aliphatic carbocycles. The fraction of sp³-hybridized carbons (Fsp3) is 0.281. The number of amides is 2. The molecule has 7 heteroatoms. The molecule has 2 heterocycles. The van der Waals surface area contributed by atoms with Gasteiger partial charge in [-0.15, -0.1) is 5.73 Å². The van der Waals surface area contributed by atoms with Gasteiger partial charge in [-0.3, -0.25) is 9.59 Å². The van der Waals surface area contributed by atoms with Gasteiger partial charge in [0.15, 0.2) is 0 Å². The summed E-state index contributed by atoms with van der Waals surface area (Å²) in [6, 6.07) is 15.4. The first-order chi connectivity index (χ1) is 18.7. The van der Waals surface area contributed by atoms with E-state index in [1.165, 1.54) is 5.56 Å². The van der Waals surface area contributed by atoms with Gasteiger partial charge in [0.25, 0.3) is 11.8 Å². The molecule has 0 saturated carbocycles. The van der Waals surface area contributed by atoms with Gasteiger partial charge in [0.05, 0.1) is 28.2 Å². The number of aromatic nitrogens is 2. The minimum absolute atomic E-state index is 0. The molecular weight excluding hydrogens is 486 g/mol. The third-order valence-corrected chi connectivity index (χ3v) is 7.54. The molecule has 0 spiro atoms. The molecule has 2 aliphatic rings. The molecule has 1 aliphatic heterocycles. The van der Waals surface area contributed by atoms with Gasteiger partial charge in [-0.1, -0.05) is 12.1 Å². The van der Waals surface area contributed by atoms with Crippen molar-refractivity contribution < 1.29 is 11.0 Å². The van der Waals surface area contributed by atoms with Gasteiger partial charge >= 0.3 is 0 Å². The quantitative estimate of drug-likeness (QED) is 0.454. The molecule has 7 nitrogen and oxygen atoms in total. The third-order valence-electron chi connectivity index (χ3n) is 7.54. The molecule has 1 saturated heterocycles. The number of fused-ring (bicyclic) bond motifs is 1. The Morgan fingerprint density at radius 3 is 2.51 bits per heavy atom. The number of rotatable bonds is 4. The summed E-state index contributed by atoms with van der Waals surface area (Å²) in [5.41, 5.74) is 10.4. The Balaban J connectivity index is 0.00000370. The normalized spacial score (nSPS) is 16.0. The maximum absolute atomic E-state index is 13.7. The van der Waals surface area contributed by atoms with E-state index in [4.69, 9.17) is 10.2 Å². The lowest BCUT2D eigenvalue weighted by Crippen LogP contribution is -2.38. The maximum atomic E-state index is 13.7. The Bertz CT molecular complexity index is 1640. The predicted molar refractivity (Wildman–Crippen MR) is 154 cm³/mol. The molecule has 1 N–H and O–H groups in total. The highest BCUT2D eigenvalue weighted by Crippen LogP contribution is 2.32. The van der Waals surface area contributed by atoms with Crippen LogP contribution in [0.1, 0.15) is 61.3 Å². The summed E-state index contributed by atoms with van der Waals surface area (Å²) in [6.45, 7) is 5.24. The van der Waals surface area contributed by atoms with Crippen molar-refractivity contribution in [2.75, 3.05) is 27.2 Å². The number of benzene rings is 2. The van der Waals surface area contributed by atoms with E-state index in [9.17, 15) is 9.59 Å². The van der Waals surface area contributed by atoms with Gasteiger partial charge in [-0.05, 0) is 86.2 Å². The number of allylic oxidation sites excluding steroid dienone is 3. The number of carbonyl (C=O) groups is 2. The second kappa shape index (κ2) is 10.6. The largest absolute Gasteiger partial charge is 0.345 e. The highest BCUT2D eigenvalue weighted by molar-refractivity contribution is 6.02. The number of hydrogen-bond acceptors (Lipinski definition) is 4. The van der Waals surface area contributed by atoms with Crippen LogP contribution in [0, 0.1) is 11.3 Å². The van der Waals surface area contributed by atoms with Crippen molar-refractivity contribution in [2.24, 2.45) is 0 Å². The molecule has 5 rings (SSSR count). The van der Waals surface area contributed by atoms with Crippen LogP contribution in [0.5, 0.6) is 0 Å². The number of aromatic amines is 1. The van der Waals surface area contributed by atoms with Crippen LogP contribution in [0.3, 0.4) is 0 Å². The molecule has 1 fully saturated rings. The van der Waals surface area contributed by atoms with Gasteiger partial charge in [0.1, 0.15) is 5.82 Å². The molecule has 0 bridgehead atoms. The molecular formula is C32H33N5O2. The number of nitriles is 1. The molecule has 1 aromatic heterocycles. The van der Waals surface area contributed by atoms with Crippen molar-refractivity contribution in [1.29, 1.82) is 5.26 Å². The van der Waals surface area contributed by atoms with Gasteiger partial charge < -0.3 is 14.8 Å². The maximum Gasteiger partial charge on any atom is 0.254 e. The fourth-order valence-electron chi connectivity index (χ4n) is 5.16. The van der Waals surface area contributed by atoms with Crippen molar-refractivity contribution in [1.82, 2.24) is 19.8 Å². The van der Waals surface area contributed by atoms with Gasteiger partial charge in [-0.2, -0.15) is 5.26 Å². The van der Waals surface area contributed by atoms with E-state index in [0.717, 1.165) is 40.6 Å². The molecule has 0 radical (unpaired) electrons. The Hall–Kier alpha value is -4.66. The van der Waals surface area contributed by atoms with E-state index in [2.05, 4.69) is 16.8 Å². The SMILES string of the molecule is CC1=C=CC(C)=C(c2nc3ccc(C(=O)N(C)C)cc3[nH]2)C=C1C(=O)N1CCC(c2ccc(C#N)cc2)CC1.[HH]. The molecule has 2 amide bonds. The summed E-state index contributed by atoms with van der Waals surface area (Å²) in [7, 11) is 3.45. The van der Waals surface area contributed by atoms with Gasteiger partial charge in [-0.25, -0.2) is 4.98 Å². The van der Waals surface area contributed by atoms with Crippen LogP contribution in [0.2, 0.25) is 0 Å². The fourth-order valence-corrected chi connectivity index (χ4v) is 5.16. The van der Waals surface area contributed by atoms with Crippen LogP contribution in [0.25, 0.3) is 16.6 Å². The number of nitrogens with one attached hydrogen (secondary N) is 1. The Morgan fingerprint density at radius 1 is 1.13 bits per heavy atom. The Kier molecular flexibility index (Phi) is 7.06. The zero-order valence-corrected chi connectivity index (χ0v) is 22.7. The third kappa shape index (κ3) is 5.20. The van der Waals surface area contributed by atoms with E-state index in [0.29, 0.717) is 41.5 Å². The molecule has 3 aromatic rings. The van der Waals surface area contributed by atoms with E-state index in [1.54, 1.807) is 25.1 Å². The van der Waals surface area contributed by atoms with E-state index < -0.39 is 0 Å². The highest BCUT2D eigenvalue weighted by Gasteiger charge is 2.27. The zero-order valence-electron chi connectivity index (χ0n) is 22.7. The minimum atomic E-state index is -0.0728. The average Bonchev–Trinajstić information content (AvgIpc) is 3.32. The topological polar surface area (TPSA) is 93.1 Å². The number of H-pyrrole nitrogens is 1. The van der Waals surface area contributed by atoms with E-state index >= 15 is 0 Å². The van der Waals surface area contributed by atoms with Crippen molar-refractivity contribution in [2.45, 2.75) is 32.6 Å². The number of imidazole rings is 1. The molecule has 39 heavy (non-hydrogen) atoms. The lowest BCUT2D eigenvalue weighted by atomic mass is 9.88. The summed E-state index contributed by atoms with van der Waals surface area (Å²) >= 11 is 0. The van der Waals surface area contributed by atoms with Crippen molar-refractivity contribution in [3.8, 4) is 6.07 Å². The second-order valence-corrected chi connectivity index (χ2v) is 10.4. The summed E-state index contributed by atoms with van der Waals surface area (Å²) in [5, 5.41) is 9.06. The van der Waals surface area contributed by atoms with Crippen molar-refractivity contribution in [3.05, 3.63) is 99.6 Å². The molecule has 2 aromatic carbocycles. The summed E-state index contributed by atoms with van der Waals surface area (Å²) in [6.07, 6.45) is 5.57. The van der Waals surface area contributed by atoms with Gasteiger partial charge in [0.2, 0.25) is 0 Å². The number of carbonyl (C=O) groups excluding carboxylic acids is 2. The van der Waals surface area contributed by atoms with Crippen LogP contribution < -0.4 is 0 Å². The number of hydrogen-bond donors (Lipinski definition) is 1. The smallest absolute Gasteiger partial charge is 0.254 e. The molecule has 0 unspecified atom stereocenters. The number of piperidine rings is 1. The first-order valence-corrected chi connectivity index (χ1v) is 13.1. The summed E-state index contributed by atoms with van der Waals surface area (Å²) in [4.78, 5) is 37.8. The number of nitrogens with zero attached hydrogens (tertiary/aromatic N) is 4. The highest BCUT2D eigenvalue weighted by atomic mass is 16.2. The van der Waals surface area contributed by atoms with Crippen LogP contribution in [0.15, 0.2) is 77.1 Å². The Labute approximate surface area is 229 Å². The second-order valence-electron chi connectivity index (χ2n) is 10.4. The average molecular weight is 520 g/mol. The van der Waals surface area contributed by atoms with Crippen molar-refractivity contribution >= 4 is 28.4 Å². The van der Waals surface area contributed by atoms with Crippen LogP contribution in [-0.4, -0.2) is 58.8 Å². The standard InChI is InChI=1S/C32H31N5O2.H2/c1-20-5-6-21(2)27(32(39)37-15-13-24(14-16-37)23-9-7-22(19-33)8-10-23)18-26(20)30-34-28-12-11-25(17-29(28)35-30)31(38)36(3)4;/h5,7-12,17-18,24H,13-16H2,1-4H3,(H,34,35);1H. The Morgan fingerprint density at radius 2 is 1.85 bits per heavy atom. The van der Waals surface area contributed by atoms with Crippen LogP contribution in [-0.2, 0) is 4.79 Å². The minimum Gasteiger partial charge on any atom is -0.345 e. The summed E-state index contributed by atoms with van der Waals surface area (Å²) in [5.74, 6) is 0.943. The first kappa shape index (κ1) is 26.0. The van der Waals surface area contributed by atoms with E-state index in [1.807, 2.05) is 67.3 Å². The van der Waals surface area contributed by atoms with Gasteiger partial charge in [0, 0.05) is 45.3 Å². The van der Waals surface area contributed by atoms with E-state index in [-0.39, 0.29) is 13.2 Å². The molecule has 0 atom stereocenters. The first-order valence-electron chi connectivity index (χ1n) is 13.1. The van der Waals surface area contributed by atoms with Crippen molar-refractivity contribution in [3.63, 3.8) is 0 Å². The number of likely N-dealkylation sites (tertiary alicyclic amines) is 1.